The highest BCUT2D eigenvalue weighted by Crippen LogP contribution is 2.26. The van der Waals surface area contributed by atoms with E-state index in [1.165, 1.54) is 23.6 Å². The van der Waals surface area contributed by atoms with E-state index in [1.54, 1.807) is 0 Å². The van der Waals surface area contributed by atoms with Gasteiger partial charge in [-0.05, 0) is 0 Å². The van der Waals surface area contributed by atoms with Crippen LogP contribution in [0.5, 0.6) is 0 Å². The number of esters is 1. The van der Waals surface area contributed by atoms with Gasteiger partial charge in [0.05, 0.1) is 0 Å². The van der Waals surface area contributed by atoms with Crippen LogP contribution < -0.4 is 21.7 Å². The Labute approximate surface area is 108 Å². The van der Waals surface area contributed by atoms with Gasteiger partial charge in [-0.3, -0.25) is 19.0 Å². The van der Waals surface area contributed by atoms with E-state index in [-0.39, 0.29) is 37.4 Å². The molecule has 1 aliphatic rings. The van der Waals surface area contributed by atoms with Crippen LogP contribution in [0.3, 0.4) is 0 Å². The number of anilines is 3. The molecule has 0 bridgehead atoms. The van der Waals surface area contributed by atoms with E-state index in [4.69, 9.17) is 15.3 Å². The van der Waals surface area contributed by atoms with Gasteiger partial charge in [-0.25, -0.2) is 5.06 Å². The number of ether oxygens (including phenoxy) is 1. The molecule has 0 atom stereocenters. The first-order valence-corrected chi connectivity index (χ1v) is 5.65. The second-order valence-corrected chi connectivity index (χ2v) is 3.92. The van der Waals surface area contributed by atoms with E-state index in [1.807, 2.05) is 0 Å². The van der Waals surface area contributed by atoms with Gasteiger partial charge < -0.3 is 15.8 Å². The van der Waals surface area contributed by atoms with Crippen molar-refractivity contribution in [3.05, 3.63) is 10.4 Å². The van der Waals surface area contributed by atoms with Crippen LogP contribution in [0, 0.1) is 0 Å². The molecule has 2 heterocycles. The van der Waals surface area contributed by atoms with Crippen LogP contribution in [0.25, 0.3) is 0 Å². The number of nitrogens with two attached hydrogens (primary N) is 1. The third kappa shape index (κ3) is 2.60. The normalized spacial score (nSPS) is 13.1. The van der Waals surface area contributed by atoms with E-state index >= 15 is 0 Å². The molecule has 9 heteroatoms. The number of hydrogen-bond donors (Lipinski definition) is 2. The smallest absolute Gasteiger partial charge is 0.302 e. The Balaban J connectivity index is 2.06. The van der Waals surface area contributed by atoms with Crippen molar-refractivity contribution < 1.29 is 14.4 Å². The fourth-order valence-electron chi connectivity index (χ4n) is 1.61. The number of nitrogen functional groups attached to an aromatic ring is 1. The van der Waals surface area contributed by atoms with Gasteiger partial charge in [0.15, 0.2) is 5.82 Å². The maximum atomic E-state index is 11.9. The zero-order valence-corrected chi connectivity index (χ0v) is 10.7. The summed E-state index contributed by atoms with van der Waals surface area (Å²) in [5, 5.41) is 4.28. The van der Waals surface area contributed by atoms with Crippen molar-refractivity contribution in [2.24, 2.45) is 7.05 Å². The maximum absolute atomic E-state index is 11.9. The summed E-state index contributed by atoms with van der Waals surface area (Å²) in [6.45, 7) is 1.89. The summed E-state index contributed by atoms with van der Waals surface area (Å²) in [5.74, 6) is 0.0595. The summed E-state index contributed by atoms with van der Waals surface area (Å²) in [6, 6.07) is 0. The molecule has 0 saturated carbocycles. The number of hydrogen-bond acceptors (Lipinski definition) is 8. The first-order valence-electron chi connectivity index (χ1n) is 5.65. The molecular formula is C10H15N5O4. The van der Waals surface area contributed by atoms with Gasteiger partial charge in [0, 0.05) is 14.0 Å². The standard InChI is InChI=1S/C10H15N5O4/c1-6(16)18-3-4-19-15-5-12-7-8(15)13-10(11)14(2)9(7)17/h12H,3-5H2,1-2H3,(H2,11,13). The van der Waals surface area contributed by atoms with Crippen molar-refractivity contribution in [3.63, 3.8) is 0 Å². The average Bonchev–Trinajstić information content (AvgIpc) is 2.75. The van der Waals surface area contributed by atoms with Gasteiger partial charge >= 0.3 is 5.97 Å². The monoisotopic (exact) mass is 269 g/mol. The fourth-order valence-corrected chi connectivity index (χ4v) is 1.61. The minimum atomic E-state index is -0.375. The molecular weight excluding hydrogens is 254 g/mol. The van der Waals surface area contributed by atoms with Crippen molar-refractivity contribution >= 4 is 23.4 Å². The van der Waals surface area contributed by atoms with Crippen LogP contribution in [-0.2, 0) is 21.4 Å². The zero-order chi connectivity index (χ0) is 14.0. The third-order valence-electron chi connectivity index (χ3n) is 2.58. The van der Waals surface area contributed by atoms with Crippen molar-refractivity contribution in [1.82, 2.24) is 9.55 Å². The first kappa shape index (κ1) is 13.1. The maximum Gasteiger partial charge on any atom is 0.302 e. The third-order valence-corrected chi connectivity index (χ3v) is 2.58. The number of fused-ring (bicyclic) bond motifs is 1. The molecule has 19 heavy (non-hydrogen) atoms. The number of nitrogens with one attached hydrogen (secondary N) is 1. The van der Waals surface area contributed by atoms with Gasteiger partial charge in [-0.1, -0.05) is 0 Å². The summed E-state index contributed by atoms with van der Waals surface area (Å²) in [6.07, 6.45) is 0. The molecule has 0 spiro atoms. The largest absolute Gasteiger partial charge is 0.463 e. The van der Waals surface area contributed by atoms with E-state index in [9.17, 15) is 9.59 Å². The van der Waals surface area contributed by atoms with E-state index < -0.39 is 0 Å². The molecule has 1 aliphatic heterocycles. The zero-order valence-electron chi connectivity index (χ0n) is 10.7. The fraction of sp³-hybridized carbons (Fsp3) is 0.500. The molecule has 0 aliphatic carbocycles. The number of rotatable bonds is 4. The Bertz CT molecular complexity index is 556. The van der Waals surface area contributed by atoms with Crippen LogP contribution in [-0.4, -0.2) is 35.4 Å². The molecule has 0 fully saturated rings. The van der Waals surface area contributed by atoms with Crippen LogP contribution in [0.2, 0.25) is 0 Å². The highest BCUT2D eigenvalue weighted by atomic mass is 16.7. The topological polar surface area (TPSA) is 112 Å². The summed E-state index contributed by atoms with van der Waals surface area (Å²) in [5.41, 5.74) is 5.69. The molecule has 9 nitrogen and oxygen atoms in total. The summed E-state index contributed by atoms with van der Waals surface area (Å²) >= 11 is 0. The van der Waals surface area contributed by atoms with Crippen LogP contribution >= 0.6 is 0 Å². The Morgan fingerprint density at radius 2 is 2.26 bits per heavy atom. The average molecular weight is 269 g/mol. The number of carbonyl (C=O) groups excluding carboxylic acids is 1. The molecule has 0 unspecified atom stereocenters. The summed E-state index contributed by atoms with van der Waals surface area (Å²) in [4.78, 5) is 31.9. The quantitative estimate of drug-likeness (QED) is 0.531. The van der Waals surface area contributed by atoms with E-state index in [0.717, 1.165) is 0 Å². The molecule has 104 valence electrons. The Morgan fingerprint density at radius 3 is 2.95 bits per heavy atom. The van der Waals surface area contributed by atoms with Crippen molar-refractivity contribution in [1.29, 1.82) is 0 Å². The van der Waals surface area contributed by atoms with Crippen molar-refractivity contribution in [2.45, 2.75) is 6.92 Å². The predicted octanol–water partition coefficient (Wildman–Crippen LogP) is -0.953. The van der Waals surface area contributed by atoms with Gasteiger partial charge in [0.1, 0.15) is 25.6 Å². The van der Waals surface area contributed by atoms with Gasteiger partial charge in [-0.15, -0.1) is 0 Å². The second-order valence-electron chi connectivity index (χ2n) is 3.92. The van der Waals surface area contributed by atoms with Gasteiger partial charge in [-0.2, -0.15) is 4.98 Å². The molecule has 1 aromatic heterocycles. The lowest BCUT2D eigenvalue weighted by Crippen LogP contribution is -2.26. The van der Waals surface area contributed by atoms with Crippen molar-refractivity contribution in [3.8, 4) is 0 Å². The highest BCUT2D eigenvalue weighted by molar-refractivity contribution is 5.69. The lowest BCUT2D eigenvalue weighted by Gasteiger charge is -2.16. The number of carbonyl (C=O) groups is 1. The number of nitrogens with zero attached hydrogens (tertiary/aromatic N) is 3. The van der Waals surface area contributed by atoms with Crippen molar-refractivity contribution in [2.75, 3.05) is 36.0 Å². The lowest BCUT2D eigenvalue weighted by molar-refractivity contribution is -0.142. The number of aromatic nitrogens is 2. The molecule has 3 N–H and O–H groups in total. The molecule has 0 saturated heterocycles. The van der Waals surface area contributed by atoms with Crippen LogP contribution in [0.4, 0.5) is 17.5 Å². The lowest BCUT2D eigenvalue weighted by atomic mass is 10.5. The number of hydroxylamine groups is 1. The molecule has 1 aromatic rings. The Kier molecular flexibility index (Phi) is 3.56. The Hall–Kier alpha value is -2.29. The SMILES string of the molecule is CC(=O)OCCON1CNc2c1nc(N)n(C)c2=O. The summed E-state index contributed by atoms with van der Waals surface area (Å²) in [7, 11) is 1.54. The van der Waals surface area contributed by atoms with E-state index in [2.05, 4.69) is 10.3 Å². The van der Waals surface area contributed by atoms with Gasteiger partial charge in [0.25, 0.3) is 5.56 Å². The molecule has 0 aromatic carbocycles. The van der Waals surface area contributed by atoms with Crippen LogP contribution in [0.1, 0.15) is 6.92 Å². The minimum Gasteiger partial charge on any atom is -0.463 e. The van der Waals surface area contributed by atoms with Crippen LogP contribution in [0.15, 0.2) is 4.79 Å². The minimum absolute atomic E-state index is 0.0982. The second kappa shape index (κ2) is 5.14. The predicted molar refractivity (Wildman–Crippen MR) is 67.4 cm³/mol. The van der Waals surface area contributed by atoms with Gasteiger partial charge in [0.2, 0.25) is 5.95 Å². The molecule has 0 amide bonds. The highest BCUT2D eigenvalue weighted by Gasteiger charge is 2.25. The summed E-state index contributed by atoms with van der Waals surface area (Å²) < 4.78 is 5.98. The molecule has 2 rings (SSSR count). The first-order chi connectivity index (χ1) is 9.00. The molecule has 0 radical (unpaired) electrons. The Morgan fingerprint density at radius 1 is 1.53 bits per heavy atom. The van der Waals surface area contributed by atoms with E-state index in [0.29, 0.717) is 11.5 Å².